The van der Waals surface area contributed by atoms with Gasteiger partial charge in [-0.25, -0.2) is 4.79 Å². The van der Waals surface area contributed by atoms with Gasteiger partial charge in [-0.05, 0) is 31.2 Å². The number of likely N-dealkylation sites (tertiary alicyclic amines) is 1. The van der Waals surface area contributed by atoms with E-state index in [4.69, 9.17) is 4.74 Å². The quantitative estimate of drug-likeness (QED) is 0.876. The second-order valence-corrected chi connectivity index (χ2v) is 5.99. The van der Waals surface area contributed by atoms with Crippen molar-refractivity contribution in [2.75, 3.05) is 25.0 Å². The van der Waals surface area contributed by atoms with Crippen LogP contribution in [0.3, 0.4) is 0 Å². The Morgan fingerprint density at radius 2 is 2.00 bits per heavy atom. The van der Waals surface area contributed by atoms with Crippen molar-refractivity contribution >= 4 is 28.5 Å². The average molecular weight is 326 g/mol. The second-order valence-electron chi connectivity index (χ2n) is 5.99. The second kappa shape index (κ2) is 7.34. The number of hydrogen-bond donors (Lipinski definition) is 1. The first-order valence-electron chi connectivity index (χ1n) is 8.39. The number of urea groups is 1. The van der Waals surface area contributed by atoms with Crippen molar-refractivity contribution in [2.24, 2.45) is 5.92 Å². The molecule has 0 radical (unpaired) electrons. The maximum atomic E-state index is 12.6. The Morgan fingerprint density at radius 3 is 2.83 bits per heavy atom. The number of esters is 1. The molecule has 0 saturated carbocycles. The standard InChI is InChI=1S/C19H22N2O3/c1-2-24-18(22)15-9-6-12-21(13-15)19(23)20-17-11-5-8-14-7-3-4-10-16(14)17/h3-5,7-8,10-11,15H,2,6,9,12-13H2,1H3,(H,20,23)/t15-/m1/s1. The third kappa shape index (κ3) is 3.50. The van der Waals surface area contributed by atoms with Crippen molar-refractivity contribution < 1.29 is 14.3 Å². The number of hydrogen-bond acceptors (Lipinski definition) is 3. The zero-order chi connectivity index (χ0) is 16.9. The summed E-state index contributed by atoms with van der Waals surface area (Å²) < 4.78 is 5.09. The predicted octanol–water partition coefficient (Wildman–Crippen LogP) is 3.65. The maximum Gasteiger partial charge on any atom is 0.321 e. The number of amides is 2. The van der Waals surface area contributed by atoms with Crippen LogP contribution in [0.5, 0.6) is 0 Å². The molecule has 126 valence electrons. The van der Waals surface area contributed by atoms with Crippen molar-refractivity contribution in [3.8, 4) is 0 Å². The van der Waals surface area contributed by atoms with E-state index < -0.39 is 0 Å². The van der Waals surface area contributed by atoms with Crippen LogP contribution in [-0.4, -0.2) is 36.6 Å². The highest BCUT2D eigenvalue weighted by atomic mass is 16.5. The van der Waals surface area contributed by atoms with Crippen LogP contribution in [0.4, 0.5) is 10.5 Å². The first-order valence-corrected chi connectivity index (χ1v) is 8.39. The van der Waals surface area contributed by atoms with E-state index in [2.05, 4.69) is 5.32 Å². The van der Waals surface area contributed by atoms with E-state index in [0.29, 0.717) is 19.7 Å². The van der Waals surface area contributed by atoms with E-state index in [9.17, 15) is 9.59 Å². The Balaban J connectivity index is 1.71. The third-order valence-electron chi connectivity index (χ3n) is 4.36. The zero-order valence-electron chi connectivity index (χ0n) is 13.8. The fourth-order valence-electron chi connectivity index (χ4n) is 3.14. The molecule has 1 aliphatic rings. The minimum atomic E-state index is -0.225. The number of carbonyl (C=O) groups is 2. The predicted molar refractivity (Wildman–Crippen MR) is 93.9 cm³/mol. The lowest BCUT2D eigenvalue weighted by molar-refractivity contribution is -0.149. The molecule has 5 nitrogen and oxygen atoms in total. The van der Waals surface area contributed by atoms with E-state index in [0.717, 1.165) is 29.3 Å². The largest absolute Gasteiger partial charge is 0.466 e. The van der Waals surface area contributed by atoms with Crippen molar-refractivity contribution in [3.05, 3.63) is 42.5 Å². The van der Waals surface area contributed by atoms with Crippen LogP contribution in [0.1, 0.15) is 19.8 Å². The highest BCUT2D eigenvalue weighted by Crippen LogP contribution is 2.24. The molecule has 1 fully saturated rings. The molecule has 1 aliphatic heterocycles. The first kappa shape index (κ1) is 16.3. The molecule has 2 aromatic rings. The Bertz CT molecular complexity index is 739. The summed E-state index contributed by atoms with van der Waals surface area (Å²) in [6.45, 7) is 3.24. The highest BCUT2D eigenvalue weighted by molar-refractivity contribution is 6.01. The lowest BCUT2D eigenvalue weighted by Gasteiger charge is -2.31. The number of nitrogens with zero attached hydrogens (tertiary/aromatic N) is 1. The van der Waals surface area contributed by atoms with Crippen molar-refractivity contribution in [1.82, 2.24) is 4.90 Å². The fraction of sp³-hybridized carbons (Fsp3) is 0.368. The van der Waals surface area contributed by atoms with Gasteiger partial charge in [0, 0.05) is 18.5 Å². The average Bonchev–Trinajstić information content (AvgIpc) is 2.62. The SMILES string of the molecule is CCOC(=O)[C@@H]1CCCN(C(=O)Nc2cccc3ccccc23)C1. The fourth-order valence-corrected chi connectivity index (χ4v) is 3.14. The summed E-state index contributed by atoms with van der Waals surface area (Å²) in [7, 11) is 0. The summed E-state index contributed by atoms with van der Waals surface area (Å²) in [5.41, 5.74) is 0.788. The van der Waals surface area contributed by atoms with E-state index in [1.54, 1.807) is 11.8 Å². The number of anilines is 1. The smallest absolute Gasteiger partial charge is 0.321 e. The molecule has 0 bridgehead atoms. The van der Waals surface area contributed by atoms with Gasteiger partial charge in [0.05, 0.1) is 18.2 Å². The van der Waals surface area contributed by atoms with Crippen LogP contribution in [0.15, 0.2) is 42.5 Å². The number of rotatable bonds is 3. The van der Waals surface area contributed by atoms with Crippen LogP contribution in [0.25, 0.3) is 10.8 Å². The summed E-state index contributed by atoms with van der Waals surface area (Å²) in [5, 5.41) is 5.07. The molecule has 1 heterocycles. The van der Waals surface area contributed by atoms with Crippen LogP contribution < -0.4 is 5.32 Å². The molecule has 24 heavy (non-hydrogen) atoms. The van der Waals surface area contributed by atoms with Gasteiger partial charge < -0.3 is 15.0 Å². The molecule has 1 saturated heterocycles. The van der Waals surface area contributed by atoms with Gasteiger partial charge in [0.25, 0.3) is 0 Å². The monoisotopic (exact) mass is 326 g/mol. The van der Waals surface area contributed by atoms with Crippen LogP contribution >= 0.6 is 0 Å². The maximum absolute atomic E-state index is 12.6. The zero-order valence-corrected chi connectivity index (χ0v) is 13.8. The van der Waals surface area contributed by atoms with Gasteiger partial charge >= 0.3 is 12.0 Å². The summed E-state index contributed by atoms with van der Waals surface area (Å²) in [6.07, 6.45) is 1.59. The van der Waals surface area contributed by atoms with Crippen molar-refractivity contribution in [1.29, 1.82) is 0 Å². The molecule has 0 unspecified atom stereocenters. The Labute approximate surface area is 141 Å². The minimum absolute atomic E-state index is 0.166. The molecule has 0 aromatic heterocycles. The van der Waals surface area contributed by atoms with Gasteiger partial charge in [-0.15, -0.1) is 0 Å². The Hall–Kier alpha value is -2.56. The molecular weight excluding hydrogens is 304 g/mol. The number of nitrogens with one attached hydrogen (secondary N) is 1. The third-order valence-corrected chi connectivity index (χ3v) is 4.36. The normalized spacial score (nSPS) is 17.5. The number of fused-ring (bicyclic) bond motifs is 1. The Kier molecular flexibility index (Phi) is 4.99. The van der Waals surface area contributed by atoms with Crippen LogP contribution in [0, 0.1) is 5.92 Å². The molecule has 3 rings (SSSR count). The van der Waals surface area contributed by atoms with Gasteiger partial charge in [0.2, 0.25) is 0 Å². The van der Waals surface area contributed by atoms with Crippen LogP contribution in [-0.2, 0) is 9.53 Å². The van der Waals surface area contributed by atoms with Crippen LogP contribution in [0.2, 0.25) is 0 Å². The van der Waals surface area contributed by atoms with E-state index in [1.165, 1.54) is 0 Å². The van der Waals surface area contributed by atoms with Gasteiger partial charge in [-0.2, -0.15) is 0 Å². The number of benzene rings is 2. The summed E-state index contributed by atoms with van der Waals surface area (Å²) >= 11 is 0. The molecule has 2 amide bonds. The van der Waals surface area contributed by atoms with Gasteiger partial charge in [-0.3, -0.25) is 4.79 Å². The van der Waals surface area contributed by atoms with Gasteiger partial charge in [0.15, 0.2) is 0 Å². The lowest BCUT2D eigenvalue weighted by atomic mass is 9.98. The van der Waals surface area contributed by atoms with Crippen molar-refractivity contribution in [2.45, 2.75) is 19.8 Å². The minimum Gasteiger partial charge on any atom is -0.466 e. The summed E-state index contributed by atoms with van der Waals surface area (Å²) in [6, 6.07) is 13.6. The first-order chi connectivity index (χ1) is 11.7. The van der Waals surface area contributed by atoms with Gasteiger partial charge in [-0.1, -0.05) is 36.4 Å². The van der Waals surface area contributed by atoms with E-state index >= 15 is 0 Å². The molecule has 1 atom stereocenters. The Morgan fingerprint density at radius 1 is 1.21 bits per heavy atom. The number of carbonyl (C=O) groups excluding carboxylic acids is 2. The summed E-state index contributed by atoms with van der Waals surface area (Å²) in [4.78, 5) is 26.2. The van der Waals surface area contributed by atoms with Crippen molar-refractivity contribution in [3.63, 3.8) is 0 Å². The van der Waals surface area contributed by atoms with E-state index in [-0.39, 0.29) is 17.9 Å². The number of piperidine rings is 1. The molecular formula is C19H22N2O3. The topological polar surface area (TPSA) is 58.6 Å². The lowest BCUT2D eigenvalue weighted by Crippen LogP contribution is -2.44. The molecule has 5 heteroatoms. The van der Waals surface area contributed by atoms with Gasteiger partial charge in [0.1, 0.15) is 0 Å². The molecule has 2 aromatic carbocycles. The molecule has 0 spiro atoms. The number of ether oxygens (including phenoxy) is 1. The molecule has 1 N–H and O–H groups in total. The molecule has 0 aliphatic carbocycles. The summed E-state index contributed by atoms with van der Waals surface area (Å²) in [5.74, 6) is -0.433. The van der Waals surface area contributed by atoms with E-state index in [1.807, 2.05) is 42.5 Å². The highest BCUT2D eigenvalue weighted by Gasteiger charge is 2.29.